The summed E-state index contributed by atoms with van der Waals surface area (Å²) in [6.07, 6.45) is 0.244. The molecule has 0 bridgehead atoms. The fourth-order valence-electron chi connectivity index (χ4n) is 2.28. The third-order valence-corrected chi connectivity index (χ3v) is 3.34. The topological polar surface area (TPSA) is 70.2 Å². The molecular formula is C15H17NO3. The molecule has 4 heteroatoms. The van der Waals surface area contributed by atoms with Gasteiger partial charge in [-0.1, -0.05) is 13.0 Å². The second-order valence-electron chi connectivity index (χ2n) is 5.11. The number of rotatable bonds is 3. The van der Waals surface area contributed by atoms with Crippen LogP contribution >= 0.6 is 0 Å². The second-order valence-corrected chi connectivity index (χ2v) is 5.11. The number of H-pyrrole nitrogens is 1. The quantitative estimate of drug-likeness (QED) is 0.889. The van der Waals surface area contributed by atoms with Gasteiger partial charge in [-0.2, -0.15) is 0 Å². The molecule has 1 unspecified atom stereocenters. The Balaban J connectivity index is 2.55. The molecule has 0 radical (unpaired) electrons. The van der Waals surface area contributed by atoms with Crippen molar-refractivity contribution in [1.82, 2.24) is 4.98 Å². The molecule has 0 aliphatic rings. The van der Waals surface area contributed by atoms with Gasteiger partial charge in [-0.25, -0.2) is 0 Å². The Morgan fingerprint density at radius 1 is 1.32 bits per heavy atom. The average molecular weight is 259 g/mol. The molecule has 0 amide bonds. The highest BCUT2D eigenvalue weighted by atomic mass is 16.4. The second kappa shape index (κ2) is 4.88. The van der Waals surface area contributed by atoms with Gasteiger partial charge in [-0.15, -0.1) is 0 Å². The standard InChI is InChI=1S/C15H17NO3/c1-8-4-9(2)12-7-11(6-10(3)15(18)19)14(17)16-13(12)5-8/h4-5,7,10H,6H2,1-3H3,(H,16,17)(H,18,19). The maximum atomic E-state index is 12.0. The van der Waals surface area contributed by atoms with E-state index in [2.05, 4.69) is 4.98 Å². The van der Waals surface area contributed by atoms with E-state index < -0.39 is 11.9 Å². The van der Waals surface area contributed by atoms with Crippen molar-refractivity contribution in [3.63, 3.8) is 0 Å². The van der Waals surface area contributed by atoms with Crippen molar-refractivity contribution in [3.8, 4) is 0 Å². The van der Waals surface area contributed by atoms with Crippen LogP contribution in [-0.2, 0) is 11.2 Å². The summed E-state index contributed by atoms with van der Waals surface area (Å²) in [5, 5.41) is 9.90. The van der Waals surface area contributed by atoms with Gasteiger partial charge in [-0.05, 0) is 43.5 Å². The number of aryl methyl sites for hydroxylation is 2. The fourth-order valence-corrected chi connectivity index (χ4v) is 2.28. The number of aromatic amines is 1. The summed E-state index contributed by atoms with van der Waals surface area (Å²) in [5.74, 6) is -1.45. The van der Waals surface area contributed by atoms with Crippen LogP contribution in [0.2, 0.25) is 0 Å². The highest BCUT2D eigenvalue weighted by molar-refractivity contribution is 5.83. The molecule has 2 rings (SSSR count). The van der Waals surface area contributed by atoms with Gasteiger partial charge in [0.1, 0.15) is 0 Å². The summed E-state index contributed by atoms with van der Waals surface area (Å²) in [6, 6.07) is 5.78. The fraction of sp³-hybridized carbons (Fsp3) is 0.333. The van der Waals surface area contributed by atoms with Crippen LogP contribution in [-0.4, -0.2) is 16.1 Å². The lowest BCUT2D eigenvalue weighted by atomic mass is 9.99. The SMILES string of the molecule is Cc1cc(C)c2cc(CC(C)C(=O)O)c(=O)[nH]c2c1. The lowest BCUT2D eigenvalue weighted by Crippen LogP contribution is -2.19. The third-order valence-electron chi connectivity index (χ3n) is 3.34. The van der Waals surface area contributed by atoms with Gasteiger partial charge in [0.15, 0.2) is 0 Å². The maximum absolute atomic E-state index is 12.0. The van der Waals surface area contributed by atoms with Crippen molar-refractivity contribution >= 4 is 16.9 Å². The van der Waals surface area contributed by atoms with Gasteiger partial charge in [-0.3, -0.25) is 9.59 Å². The molecule has 0 aliphatic heterocycles. The van der Waals surface area contributed by atoms with Crippen molar-refractivity contribution in [3.05, 3.63) is 45.2 Å². The van der Waals surface area contributed by atoms with Crippen molar-refractivity contribution < 1.29 is 9.90 Å². The number of fused-ring (bicyclic) bond motifs is 1. The molecule has 0 aliphatic carbocycles. The molecular weight excluding hydrogens is 242 g/mol. The number of aliphatic carboxylic acids is 1. The Labute approximate surface area is 111 Å². The van der Waals surface area contributed by atoms with Crippen LogP contribution < -0.4 is 5.56 Å². The van der Waals surface area contributed by atoms with Crippen molar-refractivity contribution in [2.24, 2.45) is 5.92 Å². The van der Waals surface area contributed by atoms with Crippen molar-refractivity contribution in [1.29, 1.82) is 0 Å². The summed E-state index contributed by atoms with van der Waals surface area (Å²) in [7, 11) is 0. The van der Waals surface area contributed by atoms with E-state index in [1.165, 1.54) is 0 Å². The summed E-state index contributed by atoms with van der Waals surface area (Å²) in [5.41, 5.74) is 3.29. The zero-order chi connectivity index (χ0) is 14.2. The van der Waals surface area contributed by atoms with Gasteiger partial charge < -0.3 is 10.1 Å². The first-order valence-corrected chi connectivity index (χ1v) is 6.24. The molecule has 1 atom stereocenters. The zero-order valence-corrected chi connectivity index (χ0v) is 11.3. The molecule has 19 heavy (non-hydrogen) atoms. The summed E-state index contributed by atoms with van der Waals surface area (Å²) >= 11 is 0. The maximum Gasteiger partial charge on any atom is 0.306 e. The monoisotopic (exact) mass is 259 g/mol. The Morgan fingerprint density at radius 2 is 2.00 bits per heavy atom. The minimum Gasteiger partial charge on any atom is -0.481 e. The lowest BCUT2D eigenvalue weighted by molar-refractivity contribution is -0.141. The molecule has 2 N–H and O–H groups in total. The molecule has 0 saturated carbocycles. The average Bonchev–Trinajstić information content (AvgIpc) is 2.30. The number of aromatic nitrogens is 1. The number of carboxylic acid groups (broad SMARTS) is 1. The van der Waals surface area contributed by atoms with E-state index in [1.807, 2.05) is 32.0 Å². The van der Waals surface area contributed by atoms with E-state index in [1.54, 1.807) is 6.92 Å². The highest BCUT2D eigenvalue weighted by Gasteiger charge is 2.14. The number of carbonyl (C=O) groups is 1. The summed E-state index contributed by atoms with van der Waals surface area (Å²) < 4.78 is 0. The zero-order valence-electron chi connectivity index (χ0n) is 11.3. The van der Waals surface area contributed by atoms with Crippen molar-refractivity contribution in [2.75, 3.05) is 0 Å². The first-order valence-electron chi connectivity index (χ1n) is 6.24. The lowest BCUT2D eigenvalue weighted by Gasteiger charge is -2.09. The van der Waals surface area contributed by atoms with E-state index in [0.29, 0.717) is 5.56 Å². The number of hydrogen-bond acceptors (Lipinski definition) is 2. The number of hydrogen-bond donors (Lipinski definition) is 2. The van der Waals surface area contributed by atoms with Crippen LogP contribution in [0, 0.1) is 19.8 Å². The molecule has 4 nitrogen and oxygen atoms in total. The molecule has 2 aromatic rings. The first-order chi connectivity index (χ1) is 8.88. The Bertz CT molecular complexity index is 700. The predicted octanol–water partition coefficient (Wildman–Crippen LogP) is 2.41. The Hall–Kier alpha value is -2.10. The van der Waals surface area contributed by atoms with Gasteiger partial charge in [0.2, 0.25) is 0 Å². The Kier molecular flexibility index (Phi) is 3.42. The smallest absolute Gasteiger partial charge is 0.306 e. The molecule has 1 aromatic carbocycles. The number of benzene rings is 1. The number of carboxylic acids is 1. The Morgan fingerprint density at radius 3 is 2.63 bits per heavy atom. The van der Waals surface area contributed by atoms with Crippen LogP contribution in [0.4, 0.5) is 0 Å². The number of pyridine rings is 1. The van der Waals surface area contributed by atoms with E-state index >= 15 is 0 Å². The van der Waals surface area contributed by atoms with Crippen LogP contribution in [0.1, 0.15) is 23.6 Å². The normalized spacial score (nSPS) is 12.6. The minimum absolute atomic E-state index is 0.203. The van der Waals surface area contributed by atoms with E-state index in [0.717, 1.165) is 22.0 Å². The van der Waals surface area contributed by atoms with E-state index in [9.17, 15) is 9.59 Å². The van der Waals surface area contributed by atoms with E-state index in [-0.39, 0.29) is 12.0 Å². The highest BCUT2D eigenvalue weighted by Crippen LogP contribution is 2.19. The van der Waals surface area contributed by atoms with Crippen LogP contribution in [0.3, 0.4) is 0 Å². The largest absolute Gasteiger partial charge is 0.481 e. The molecule has 1 heterocycles. The first kappa shape index (κ1) is 13.3. The van der Waals surface area contributed by atoms with E-state index in [4.69, 9.17) is 5.11 Å². The number of nitrogens with one attached hydrogen (secondary N) is 1. The predicted molar refractivity (Wildman–Crippen MR) is 74.5 cm³/mol. The molecule has 0 fully saturated rings. The van der Waals surface area contributed by atoms with Gasteiger partial charge >= 0.3 is 5.97 Å². The third kappa shape index (κ3) is 2.67. The van der Waals surface area contributed by atoms with Gasteiger partial charge in [0, 0.05) is 16.5 Å². The van der Waals surface area contributed by atoms with Gasteiger partial charge in [0.05, 0.1) is 5.92 Å². The van der Waals surface area contributed by atoms with Crippen LogP contribution in [0.5, 0.6) is 0 Å². The minimum atomic E-state index is -0.889. The summed E-state index contributed by atoms with van der Waals surface area (Å²) in [6.45, 7) is 5.57. The van der Waals surface area contributed by atoms with Crippen molar-refractivity contribution in [2.45, 2.75) is 27.2 Å². The summed E-state index contributed by atoms with van der Waals surface area (Å²) in [4.78, 5) is 25.7. The van der Waals surface area contributed by atoms with Crippen LogP contribution in [0.15, 0.2) is 23.0 Å². The molecule has 100 valence electrons. The molecule has 0 spiro atoms. The van der Waals surface area contributed by atoms with Crippen LogP contribution in [0.25, 0.3) is 10.9 Å². The van der Waals surface area contributed by atoms with Gasteiger partial charge in [0.25, 0.3) is 5.56 Å². The molecule has 1 aromatic heterocycles. The molecule has 0 saturated heterocycles.